The molecule has 0 spiro atoms. The van der Waals surface area contributed by atoms with Gasteiger partial charge in [-0.1, -0.05) is 26.8 Å². The lowest BCUT2D eigenvalue weighted by atomic mass is 9.84. The van der Waals surface area contributed by atoms with Crippen LogP contribution in [0, 0.1) is 5.41 Å². The molecule has 90 valence electrons. The molecule has 0 aliphatic heterocycles. The Morgan fingerprint density at radius 3 is 2.81 bits per heavy atom. The molecule has 1 heterocycles. The quantitative estimate of drug-likeness (QED) is 0.710. The summed E-state index contributed by atoms with van der Waals surface area (Å²) in [4.78, 5) is 0. The zero-order valence-electron chi connectivity index (χ0n) is 10.6. The molecule has 0 bridgehead atoms. The molecule has 0 radical (unpaired) electrons. The van der Waals surface area contributed by atoms with Crippen LogP contribution in [0.2, 0.25) is 0 Å². The molecule has 1 nitrogen and oxygen atoms in total. The van der Waals surface area contributed by atoms with Gasteiger partial charge in [-0.25, -0.2) is 0 Å². The van der Waals surface area contributed by atoms with Crippen molar-refractivity contribution in [2.24, 2.45) is 5.41 Å². The van der Waals surface area contributed by atoms with Gasteiger partial charge in [0.25, 0.3) is 0 Å². The SMILES string of the molecule is C=CC(C)(CCc1ccsc1)CNC(C)C. The van der Waals surface area contributed by atoms with Gasteiger partial charge in [-0.15, -0.1) is 6.58 Å². The van der Waals surface area contributed by atoms with E-state index in [9.17, 15) is 0 Å². The maximum Gasteiger partial charge on any atom is 0.00422 e. The fourth-order valence-electron chi connectivity index (χ4n) is 1.56. The molecular formula is C14H23NS. The summed E-state index contributed by atoms with van der Waals surface area (Å²) in [5.74, 6) is 0. The molecular weight excluding hydrogens is 214 g/mol. The number of rotatable bonds is 7. The summed E-state index contributed by atoms with van der Waals surface area (Å²) in [5.41, 5.74) is 1.65. The third-order valence-corrected chi connectivity index (χ3v) is 3.70. The minimum atomic E-state index is 0.201. The summed E-state index contributed by atoms with van der Waals surface area (Å²) in [5, 5.41) is 7.88. The molecule has 1 rings (SSSR count). The van der Waals surface area contributed by atoms with Gasteiger partial charge in [0.1, 0.15) is 0 Å². The fourth-order valence-corrected chi connectivity index (χ4v) is 2.27. The summed E-state index contributed by atoms with van der Waals surface area (Å²) in [6.45, 7) is 11.6. The second-order valence-electron chi connectivity index (χ2n) is 5.03. The van der Waals surface area contributed by atoms with Gasteiger partial charge in [0.05, 0.1) is 0 Å². The Bertz CT molecular complexity index is 303. The molecule has 1 N–H and O–H groups in total. The monoisotopic (exact) mass is 237 g/mol. The Morgan fingerprint density at radius 1 is 1.56 bits per heavy atom. The van der Waals surface area contributed by atoms with Crippen molar-refractivity contribution in [2.45, 2.75) is 39.7 Å². The zero-order valence-corrected chi connectivity index (χ0v) is 11.4. The van der Waals surface area contributed by atoms with E-state index in [1.54, 1.807) is 11.3 Å². The highest BCUT2D eigenvalue weighted by atomic mass is 32.1. The molecule has 2 heteroatoms. The maximum absolute atomic E-state index is 3.97. The summed E-state index contributed by atoms with van der Waals surface area (Å²) >= 11 is 1.77. The first-order valence-corrected chi connectivity index (χ1v) is 6.88. The van der Waals surface area contributed by atoms with Crippen LogP contribution in [0.5, 0.6) is 0 Å². The summed E-state index contributed by atoms with van der Waals surface area (Å²) in [7, 11) is 0. The normalized spacial score (nSPS) is 15.0. The first-order valence-electron chi connectivity index (χ1n) is 5.94. The molecule has 0 fully saturated rings. The van der Waals surface area contributed by atoms with Crippen LogP contribution < -0.4 is 5.32 Å². The molecule has 0 amide bonds. The average molecular weight is 237 g/mol. The Hall–Kier alpha value is -0.600. The third-order valence-electron chi connectivity index (χ3n) is 2.97. The summed E-state index contributed by atoms with van der Waals surface area (Å²) < 4.78 is 0. The van der Waals surface area contributed by atoms with E-state index in [0.717, 1.165) is 19.4 Å². The van der Waals surface area contributed by atoms with Gasteiger partial charge in [-0.2, -0.15) is 11.3 Å². The van der Waals surface area contributed by atoms with Crippen molar-refractivity contribution in [1.29, 1.82) is 0 Å². The van der Waals surface area contributed by atoms with Crippen LogP contribution >= 0.6 is 11.3 Å². The van der Waals surface area contributed by atoms with Crippen molar-refractivity contribution >= 4 is 11.3 Å². The molecule has 1 atom stereocenters. The second-order valence-corrected chi connectivity index (χ2v) is 5.81. The molecule has 1 unspecified atom stereocenters. The molecule has 1 aromatic heterocycles. The van der Waals surface area contributed by atoms with Crippen molar-refractivity contribution in [2.75, 3.05) is 6.54 Å². The summed E-state index contributed by atoms with van der Waals surface area (Å²) in [6, 6.07) is 2.75. The molecule has 1 aromatic rings. The van der Waals surface area contributed by atoms with E-state index >= 15 is 0 Å². The number of nitrogens with one attached hydrogen (secondary N) is 1. The van der Waals surface area contributed by atoms with E-state index in [2.05, 4.69) is 55.6 Å². The van der Waals surface area contributed by atoms with Gasteiger partial charge in [0.2, 0.25) is 0 Å². The Morgan fingerprint density at radius 2 is 2.31 bits per heavy atom. The van der Waals surface area contributed by atoms with Gasteiger partial charge in [-0.05, 0) is 40.6 Å². The Kier molecular flexibility index (Phi) is 5.23. The van der Waals surface area contributed by atoms with E-state index < -0.39 is 0 Å². The van der Waals surface area contributed by atoms with E-state index in [-0.39, 0.29) is 5.41 Å². The standard InChI is InChI=1S/C14H23NS/c1-5-14(4,11-15-12(2)3)8-6-13-7-9-16-10-13/h5,7,9-10,12,15H,1,6,8,11H2,2-4H3. The molecule has 0 aliphatic carbocycles. The van der Waals surface area contributed by atoms with Crippen LogP contribution in [0.25, 0.3) is 0 Å². The first-order chi connectivity index (χ1) is 7.56. The van der Waals surface area contributed by atoms with Gasteiger partial charge < -0.3 is 5.32 Å². The molecule has 0 aromatic carbocycles. The van der Waals surface area contributed by atoms with Gasteiger partial charge in [0, 0.05) is 12.6 Å². The van der Waals surface area contributed by atoms with Crippen LogP contribution in [0.15, 0.2) is 29.5 Å². The Balaban J connectivity index is 2.43. The number of aryl methyl sites for hydroxylation is 1. The minimum absolute atomic E-state index is 0.201. The van der Waals surface area contributed by atoms with Crippen molar-refractivity contribution in [3.8, 4) is 0 Å². The number of thiophene rings is 1. The molecule has 0 saturated carbocycles. The van der Waals surface area contributed by atoms with E-state index in [1.807, 2.05) is 0 Å². The van der Waals surface area contributed by atoms with Gasteiger partial charge in [-0.3, -0.25) is 0 Å². The zero-order chi connectivity index (χ0) is 12.0. The Labute approximate surface area is 104 Å². The highest BCUT2D eigenvalue weighted by Crippen LogP contribution is 2.25. The van der Waals surface area contributed by atoms with E-state index in [4.69, 9.17) is 0 Å². The van der Waals surface area contributed by atoms with Crippen molar-refractivity contribution < 1.29 is 0 Å². The lowest BCUT2D eigenvalue weighted by molar-refractivity contribution is 0.351. The van der Waals surface area contributed by atoms with E-state index in [1.165, 1.54) is 5.56 Å². The maximum atomic E-state index is 3.97. The third kappa shape index (κ3) is 4.50. The molecule has 16 heavy (non-hydrogen) atoms. The topological polar surface area (TPSA) is 12.0 Å². The van der Waals surface area contributed by atoms with Crippen molar-refractivity contribution in [3.63, 3.8) is 0 Å². The largest absolute Gasteiger partial charge is 0.314 e. The van der Waals surface area contributed by atoms with Gasteiger partial charge in [0.15, 0.2) is 0 Å². The van der Waals surface area contributed by atoms with Crippen LogP contribution in [-0.4, -0.2) is 12.6 Å². The second kappa shape index (κ2) is 6.21. The van der Waals surface area contributed by atoms with Crippen LogP contribution in [0.3, 0.4) is 0 Å². The number of hydrogen-bond donors (Lipinski definition) is 1. The van der Waals surface area contributed by atoms with Crippen LogP contribution in [-0.2, 0) is 6.42 Å². The van der Waals surface area contributed by atoms with Crippen molar-refractivity contribution in [3.05, 3.63) is 35.0 Å². The number of hydrogen-bond acceptors (Lipinski definition) is 2. The minimum Gasteiger partial charge on any atom is -0.314 e. The smallest absolute Gasteiger partial charge is 0.00422 e. The average Bonchev–Trinajstić information content (AvgIpc) is 2.76. The fraction of sp³-hybridized carbons (Fsp3) is 0.571. The first kappa shape index (κ1) is 13.5. The van der Waals surface area contributed by atoms with Gasteiger partial charge >= 0.3 is 0 Å². The predicted molar refractivity (Wildman–Crippen MR) is 74.1 cm³/mol. The lowest BCUT2D eigenvalue weighted by Crippen LogP contribution is -2.34. The lowest BCUT2D eigenvalue weighted by Gasteiger charge is -2.27. The van der Waals surface area contributed by atoms with Crippen LogP contribution in [0.4, 0.5) is 0 Å². The van der Waals surface area contributed by atoms with E-state index in [0.29, 0.717) is 6.04 Å². The molecule has 0 saturated heterocycles. The highest BCUT2D eigenvalue weighted by molar-refractivity contribution is 7.07. The summed E-state index contributed by atoms with van der Waals surface area (Å²) in [6.07, 6.45) is 4.40. The highest BCUT2D eigenvalue weighted by Gasteiger charge is 2.20. The molecule has 0 aliphatic rings. The van der Waals surface area contributed by atoms with Crippen LogP contribution in [0.1, 0.15) is 32.8 Å². The van der Waals surface area contributed by atoms with Crippen molar-refractivity contribution in [1.82, 2.24) is 5.32 Å². The predicted octanol–water partition coefficient (Wildman–Crippen LogP) is 3.87.